The van der Waals surface area contributed by atoms with Gasteiger partial charge >= 0.3 is 0 Å². The number of nitrogens with one attached hydrogen (secondary N) is 2. The number of para-hydroxylation sites is 1. The van der Waals surface area contributed by atoms with Gasteiger partial charge in [0.15, 0.2) is 0 Å². The average Bonchev–Trinajstić information content (AvgIpc) is 3.23. The fraction of sp³-hybridized carbons (Fsp3) is 0.429. The highest BCUT2D eigenvalue weighted by Gasteiger charge is 2.48. The number of anilines is 1. The molecular formula is C21H27N5O3. The van der Waals surface area contributed by atoms with Crippen LogP contribution in [0.2, 0.25) is 0 Å². The molecule has 154 valence electrons. The van der Waals surface area contributed by atoms with Crippen molar-refractivity contribution in [3.05, 3.63) is 48.3 Å². The van der Waals surface area contributed by atoms with Gasteiger partial charge in [0.25, 0.3) is 0 Å². The number of aryl methyl sites for hydroxylation is 1. The van der Waals surface area contributed by atoms with Crippen LogP contribution in [0.25, 0.3) is 0 Å². The van der Waals surface area contributed by atoms with Gasteiger partial charge in [-0.3, -0.25) is 19.1 Å². The van der Waals surface area contributed by atoms with Crippen LogP contribution in [-0.4, -0.2) is 44.5 Å². The second kappa shape index (κ2) is 8.06. The standard InChI is InChI=1S/C21H27N5O3/c1-21(2,3)26-18(28)10-16(19(26)14-11-23-25(4)13-14)20(29)22-12-17(27)24-15-8-6-5-7-9-15/h5-9,11,13,16,19H,10,12H2,1-4H3,(H,22,29)(H,24,27)/t16-,19+/m0/s1. The number of hydrogen-bond acceptors (Lipinski definition) is 4. The molecule has 0 unspecified atom stereocenters. The average molecular weight is 397 g/mol. The highest BCUT2D eigenvalue weighted by molar-refractivity contribution is 5.96. The van der Waals surface area contributed by atoms with E-state index in [9.17, 15) is 14.4 Å². The number of benzene rings is 1. The molecule has 0 bridgehead atoms. The molecule has 8 nitrogen and oxygen atoms in total. The van der Waals surface area contributed by atoms with Crippen molar-refractivity contribution in [2.45, 2.75) is 38.8 Å². The van der Waals surface area contributed by atoms with Crippen molar-refractivity contribution >= 4 is 23.4 Å². The second-order valence-corrected chi connectivity index (χ2v) is 8.27. The summed E-state index contributed by atoms with van der Waals surface area (Å²) in [7, 11) is 1.80. The summed E-state index contributed by atoms with van der Waals surface area (Å²) in [6, 6.07) is 8.61. The Morgan fingerprint density at radius 2 is 1.90 bits per heavy atom. The third-order valence-electron chi connectivity index (χ3n) is 4.93. The van der Waals surface area contributed by atoms with Crippen LogP contribution in [0.15, 0.2) is 42.7 Å². The molecule has 8 heteroatoms. The summed E-state index contributed by atoms with van der Waals surface area (Å²) < 4.78 is 1.65. The van der Waals surface area contributed by atoms with E-state index in [4.69, 9.17) is 0 Å². The van der Waals surface area contributed by atoms with Crippen LogP contribution in [0.4, 0.5) is 5.69 Å². The van der Waals surface area contributed by atoms with Crippen molar-refractivity contribution in [1.29, 1.82) is 0 Å². The molecule has 0 radical (unpaired) electrons. The van der Waals surface area contributed by atoms with Crippen LogP contribution >= 0.6 is 0 Å². The zero-order valence-corrected chi connectivity index (χ0v) is 17.2. The first-order valence-electron chi connectivity index (χ1n) is 9.60. The number of aromatic nitrogens is 2. The minimum Gasteiger partial charge on any atom is -0.347 e. The fourth-order valence-electron chi connectivity index (χ4n) is 3.76. The summed E-state index contributed by atoms with van der Waals surface area (Å²) in [5.74, 6) is -1.31. The molecular weight excluding hydrogens is 370 g/mol. The Morgan fingerprint density at radius 1 is 1.21 bits per heavy atom. The van der Waals surface area contributed by atoms with Gasteiger partial charge in [0, 0.05) is 36.5 Å². The number of rotatable bonds is 5. The topological polar surface area (TPSA) is 96.3 Å². The van der Waals surface area contributed by atoms with E-state index >= 15 is 0 Å². The van der Waals surface area contributed by atoms with Gasteiger partial charge in [0.1, 0.15) is 0 Å². The van der Waals surface area contributed by atoms with E-state index in [1.807, 2.05) is 45.2 Å². The molecule has 2 aromatic rings. The number of amides is 3. The molecule has 1 aliphatic heterocycles. The first-order valence-corrected chi connectivity index (χ1v) is 9.60. The largest absolute Gasteiger partial charge is 0.347 e. The summed E-state index contributed by atoms with van der Waals surface area (Å²) in [4.78, 5) is 39.6. The molecule has 3 rings (SSSR count). The maximum absolute atomic E-state index is 12.9. The summed E-state index contributed by atoms with van der Waals surface area (Å²) in [5, 5.41) is 9.62. The van der Waals surface area contributed by atoms with E-state index in [2.05, 4.69) is 15.7 Å². The van der Waals surface area contributed by atoms with Gasteiger partial charge in [-0.1, -0.05) is 18.2 Å². The van der Waals surface area contributed by atoms with Gasteiger partial charge in [-0.15, -0.1) is 0 Å². The molecule has 2 N–H and O–H groups in total. The summed E-state index contributed by atoms with van der Waals surface area (Å²) >= 11 is 0. The highest BCUT2D eigenvalue weighted by atomic mass is 16.2. The van der Waals surface area contributed by atoms with Crippen molar-refractivity contribution < 1.29 is 14.4 Å². The molecule has 1 aliphatic rings. The van der Waals surface area contributed by atoms with E-state index in [-0.39, 0.29) is 30.7 Å². The lowest BCUT2D eigenvalue weighted by molar-refractivity contribution is -0.133. The van der Waals surface area contributed by atoms with Gasteiger partial charge in [-0.25, -0.2) is 0 Å². The Balaban J connectivity index is 1.72. The van der Waals surface area contributed by atoms with Crippen molar-refractivity contribution in [2.24, 2.45) is 13.0 Å². The van der Waals surface area contributed by atoms with Crippen LogP contribution in [0.5, 0.6) is 0 Å². The van der Waals surface area contributed by atoms with Crippen molar-refractivity contribution in [2.75, 3.05) is 11.9 Å². The van der Waals surface area contributed by atoms with Crippen molar-refractivity contribution in [3.63, 3.8) is 0 Å². The first kappa shape index (κ1) is 20.6. The third-order valence-corrected chi connectivity index (χ3v) is 4.93. The van der Waals surface area contributed by atoms with Crippen LogP contribution in [-0.2, 0) is 21.4 Å². The second-order valence-electron chi connectivity index (χ2n) is 8.27. The predicted molar refractivity (Wildman–Crippen MR) is 109 cm³/mol. The first-order chi connectivity index (χ1) is 13.7. The van der Waals surface area contributed by atoms with Crippen LogP contribution in [0, 0.1) is 5.92 Å². The smallest absolute Gasteiger partial charge is 0.243 e. The molecule has 2 atom stereocenters. The van der Waals surface area contributed by atoms with Crippen LogP contribution in [0.3, 0.4) is 0 Å². The summed E-state index contributed by atoms with van der Waals surface area (Å²) in [5.41, 5.74) is 1.02. The number of nitrogens with zero attached hydrogens (tertiary/aromatic N) is 3. The maximum Gasteiger partial charge on any atom is 0.243 e. The molecule has 1 saturated heterocycles. The third kappa shape index (κ3) is 4.64. The normalized spacial score (nSPS) is 19.3. The van der Waals surface area contributed by atoms with Gasteiger partial charge in [-0.05, 0) is 32.9 Å². The zero-order valence-electron chi connectivity index (χ0n) is 17.2. The Hall–Kier alpha value is -3.16. The summed E-state index contributed by atoms with van der Waals surface area (Å²) in [6.45, 7) is 5.68. The molecule has 0 saturated carbocycles. The monoisotopic (exact) mass is 397 g/mol. The molecule has 3 amide bonds. The van der Waals surface area contributed by atoms with Gasteiger partial charge in [0.05, 0.1) is 24.7 Å². The SMILES string of the molecule is Cn1cc([C@@H]2[C@@H](C(=O)NCC(=O)Nc3ccccc3)CC(=O)N2C(C)(C)C)cn1. The van der Waals surface area contributed by atoms with Crippen molar-refractivity contribution in [3.8, 4) is 0 Å². The minimum absolute atomic E-state index is 0.0831. The predicted octanol–water partition coefficient (Wildman–Crippen LogP) is 1.86. The van der Waals surface area contributed by atoms with E-state index in [1.54, 1.807) is 35.0 Å². The lowest BCUT2D eigenvalue weighted by Gasteiger charge is -2.38. The maximum atomic E-state index is 12.9. The van der Waals surface area contributed by atoms with Gasteiger partial charge in [-0.2, -0.15) is 5.10 Å². The van der Waals surface area contributed by atoms with E-state index in [0.29, 0.717) is 5.69 Å². The lowest BCUT2D eigenvalue weighted by Crippen LogP contribution is -2.45. The number of hydrogen-bond donors (Lipinski definition) is 2. The van der Waals surface area contributed by atoms with E-state index in [0.717, 1.165) is 5.56 Å². The molecule has 0 aliphatic carbocycles. The fourth-order valence-corrected chi connectivity index (χ4v) is 3.76. The van der Waals surface area contributed by atoms with Gasteiger partial charge in [0.2, 0.25) is 17.7 Å². The van der Waals surface area contributed by atoms with Gasteiger partial charge < -0.3 is 15.5 Å². The van der Waals surface area contributed by atoms with Crippen molar-refractivity contribution in [1.82, 2.24) is 20.0 Å². The Bertz CT molecular complexity index is 901. The quantitative estimate of drug-likeness (QED) is 0.805. The molecule has 1 aromatic carbocycles. The Kier molecular flexibility index (Phi) is 5.72. The Morgan fingerprint density at radius 3 is 2.48 bits per heavy atom. The molecule has 29 heavy (non-hydrogen) atoms. The number of carbonyl (C=O) groups is 3. The Labute approximate surface area is 170 Å². The number of carbonyl (C=O) groups excluding carboxylic acids is 3. The summed E-state index contributed by atoms with van der Waals surface area (Å²) in [6.07, 6.45) is 3.61. The van der Waals surface area contributed by atoms with Crippen LogP contribution in [0.1, 0.15) is 38.8 Å². The minimum atomic E-state index is -0.588. The molecule has 1 fully saturated rings. The molecule has 0 spiro atoms. The van der Waals surface area contributed by atoms with Crippen LogP contribution < -0.4 is 10.6 Å². The lowest BCUT2D eigenvalue weighted by atomic mass is 9.92. The van der Waals surface area contributed by atoms with E-state index in [1.165, 1.54) is 0 Å². The number of likely N-dealkylation sites (tertiary alicyclic amines) is 1. The zero-order chi connectivity index (χ0) is 21.2. The molecule has 1 aromatic heterocycles. The van der Waals surface area contributed by atoms with E-state index < -0.39 is 17.5 Å². The highest BCUT2D eigenvalue weighted by Crippen LogP contribution is 2.42. The molecule has 2 heterocycles.